The van der Waals surface area contributed by atoms with Gasteiger partial charge in [-0.2, -0.15) is 0 Å². The number of fused-ring (bicyclic) bond motifs is 1. The van der Waals surface area contributed by atoms with E-state index in [0.29, 0.717) is 24.5 Å². The maximum Gasteiger partial charge on any atom is 0.340 e. The molecule has 2 aliphatic rings. The van der Waals surface area contributed by atoms with E-state index < -0.39 is 6.10 Å². The van der Waals surface area contributed by atoms with Crippen molar-refractivity contribution in [2.75, 3.05) is 45.9 Å². The summed E-state index contributed by atoms with van der Waals surface area (Å²) in [7, 11) is 0. The molecule has 2 heterocycles. The molecule has 5 rings (SSSR count). The molecule has 2 aromatic carbocycles. The summed E-state index contributed by atoms with van der Waals surface area (Å²) in [6, 6.07) is 14.7. The van der Waals surface area contributed by atoms with E-state index in [9.17, 15) is 9.90 Å². The SMILES string of the molecule is CCOC(=O)c1c(C)n(-c2ccccc2C)c2ccc(OCC(O)CN3CCN(C4CCCCC4)CC3)cc12. The lowest BCUT2D eigenvalue weighted by molar-refractivity contribution is 0.0312. The number of aliphatic hydroxyl groups is 1. The molecule has 1 aliphatic heterocycles. The minimum Gasteiger partial charge on any atom is -0.491 e. The van der Waals surface area contributed by atoms with Crippen LogP contribution in [0.25, 0.3) is 16.6 Å². The number of para-hydroxylation sites is 1. The van der Waals surface area contributed by atoms with Crippen LogP contribution in [0.5, 0.6) is 5.75 Å². The van der Waals surface area contributed by atoms with Gasteiger partial charge in [0.25, 0.3) is 0 Å². The number of nitrogens with zero attached hydrogens (tertiary/aromatic N) is 3. The lowest BCUT2D eigenvalue weighted by Crippen LogP contribution is -2.52. The largest absolute Gasteiger partial charge is 0.491 e. The summed E-state index contributed by atoms with van der Waals surface area (Å²) in [6.07, 6.45) is 6.22. The highest BCUT2D eigenvalue weighted by atomic mass is 16.5. The maximum atomic E-state index is 13.0. The predicted octanol–water partition coefficient (Wildman–Crippen LogP) is 5.11. The van der Waals surface area contributed by atoms with Crippen LogP contribution in [-0.4, -0.2) is 83.5 Å². The number of hydrogen-bond acceptors (Lipinski definition) is 6. The summed E-state index contributed by atoms with van der Waals surface area (Å²) < 4.78 is 13.6. The first-order valence-corrected chi connectivity index (χ1v) is 14.6. The number of esters is 1. The van der Waals surface area contributed by atoms with E-state index in [1.807, 2.05) is 44.2 Å². The standard InChI is InChI=1S/C32H43N3O4/c1-4-38-32(37)31-24(3)35(29-13-9-8-10-23(29)2)30-15-14-27(20-28(30)31)39-22-26(36)21-33-16-18-34(19-17-33)25-11-6-5-7-12-25/h8-10,13-15,20,25-26,36H,4-7,11-12,16-19,21-22H2,1-3H3. The molecule has 0 spiro atoms. The van der Waals surface area contributed by atoms with E-state index in [0.717, 1.165) is 60.1 Å². The van der Waals surface area contributed by atoms with Crippen LogP contribution in [0, 0.1) is 13.8 Å². The molecule has 1 saturated carbocycles. The Hall–Kier alpha value is -2.87. The number of aromatic nitrogens is 1. The molecular formula is C32H43N3O4. The highest BCUT2D eigenvalue weighted by Gasteiger charge is 2.26. The number of carbonyl (C=O) groups excluding carboxylic acids is 1. The zero-order valence-electron chi connectivity index (χ0n) is 23.7. The van der Waals surface area contributed by atoms with Gasteiger partial charge in [-0.25, -0.2) is 4.79 Å². The fourth-order valence-electron chi connectivity index (χ4n) is 6.37. The van der Waals surface area contributed by atoms with Crippen molar-refractivity contribution in [1.82, 2.24) is 14.4 Å². The number of aryl methyl sites for hydroxylation is 1. The van der Waals surface area contributed by atoms with Crippen LogP contribution < -0.4 is 4.74 Å². The summed E-state index contributed by atoms with van der Waals surface area (Å²) in [5.41, 5.74) is 4.46. The number of benzene rings is 2. The second-order valence-electron chi connectivity index (χ2n) is 11.1. The van der Waals surface area contributed by atoms with Crippen molar-refractivity contribution >= 4 is 16.9 Å². The van der Waals surface area contributed by atoms with Crippen LogP contribution in [0.2, 0.25) is 0 Å². The van der Waals surface area contributed by atoms with Crippen molar-refractivity contribution < 1.29 is 19.4 Å². The average molecular weight is 534 g/mol. The number of piperazine rings is 1. The van der Waals surface area contributed by atoms with Crippen molar-refractivity contribution in [2.24, 2.45) is 0 Å². The summed E-state index contributed by atoms with van der Waals surface area (Å²) in [5, 5.41) is 11.6. The van der Waals surface area contributed by atoms with E-state index in [1.54, 1.807) is 0 Å². The summed E-state index contributed by atoms with van der Waals surface area (Å²) in [5.74, 6) is 0.299. The molecule has 1 aromatic heterocycles. The first-order chi connectivity index (χ1) is 19.0. The molecule has 0 bridgehead atoms. The van der Waals surface area contributed by atoms with E-state index >= 15 is 0 Å². The van der Waals surface area contributed by atoms with Gasteiger partial charge in [-0.3, -0.25) is 9.80 Å². The normalized spacial score (nSPS) is 18.4. The number of ether oxygens (including phenoxy) is 2. The Labute approximate surface area is 232 Å². The molecule has 7 heteroatoms. The van der Waals surface area contributed by atoms with Crippen molar-refractivity contribution in [3.63, 3.8) is 0 Å². The Bertz CT molecular complexity index is 1270. The minimum absolute atomic E-state index is 0.209. The second kappa shape index (κ2) is 12.5. The molecule has 3 aromatic rings. The molecule has 1 aliphatic carbocycles. The van der Waals surface area contributed by atoms with E-state index in [4.69, 9.17) is 9.47 Å². The van der Waals surface area contributed by atoms with Crippen LogP contribution in [0.4, 0.5) is 0 Å². The van der Waals surface area contributed by atoms with Gasteiger partial charge in [0.05, 0.1) is 17.7 Å². The molecule has 2 fully saturated rings. The molecule has 0 radical (unpaired) electrons. The first kappa shape index (κ1) is 27.7. The number of carbonyl (C=O) groups is 1. The van der Waals surface area contributed by atoms with Crippen LogP contribution in [-0.2, 0) is 4.74 Å². The van der Waals surface area contributed by atoms with Crippen molar-refractivity contribution in [1.29, 1.82) is 0 Å². The summed E-state index contributed by atoms with van der Waals surface area (Å²) in [4.78, 5) is 18.0. The quantitative estimate of drug-likeness (QED) is 0.386. The Kier molecular flexibility index (Phi) is 8.90. The Balaban J connectivity index is 1.26. The van der Waals surface area contributed by atoms with Gasteiger partial charge in [0, 0.05) is 55.5 Å². The van der Waals surface area contributed by atoms with Crippen molar-refractivity contribution in [3.05, 3.63) is 59.3 Å². The van der Waals surface area contributed by atoms with Crippen LogP contribution in [0.3, 0.4) is 0 Å². The van der Waals surface area contributed by atoms with E-state index in [-0.39, 0.29) is 12.6 Å². The highest BCUT2D eigenvalue weighted by molar-refractivity contribution is 6.07. The lowest BCUT2D eigenvalue weighted by atomic mass is 9.94. The van der Waals surface area contributed by atoms with Gasteiger partial charge >= 0.3 is 5.97 Å². The van der Waals surface area contributed by atoms with Crippen molar-refractivity contribution in [2.45, 2.75) is 65.0 Å². The third-order valence-electron chi connectivity index (χ3n) is 8.42. The first-order valence-electron chi connectivity index (χ1n) is 14.6. The molecule has 1 N–H and O–H groups in total. The van der Waals surface area contributed by atoms with Gasteiger partial charge in [0.1, 0.15) is 18.5 Å². The average Bonchev–Trinajstić information content (AvgIpc) is 3.24. The molecule has 7 nitrogen and oxygen atoms in total. The minimum atomic E-state index is -0.579. The highest BCUT2D eigenvalue weighted by Crippen LogP contribution is 2.33. The molecule has 1 unspecified atom stereocenters. The number of β-amino-alcohol motifs (C(OH)–C–C–N with tert-alkyl or cyclic N) is 1. The number of aliphatic hydroxyl groups excluding tert-OH is 1. The third kappa shape index (κ3) is 6.16. The monoisotopic (exact) mass is 533 g/mol. The summed E-state index contributed by atoms with van der Waals surface area (Å²) in [6.45, 7) is 11.1. The molecule has 0 amide bonds. The fraction of sp³-hybridized carbons (Fsp3) is 0.531. The topological polar surface area (TPSA) is 67.2 Å². The zero-order chi connectivity index (χ0) is 27.4. The van der Waals surface area contributed by atoms with Crippen LogP contribution in [0.1, 0.15) is 60.6 Å². The third-order valence-corrected chi connectivity index (χ3v) is 8.42. The Morgan fingerprint density at radius 1 is 1.03 bits per heavy atom. The van der Waals surface area contributed by atoms with Crippen LogP contribution in [0.15, 0.2) is 42.5 Å². The molecule has 210 valence electrons. The Morgan fingerprint density at radius 3 is 2.49 bits per heavy atom. The summed E-state index contributed by atoms with van der Waals surface area (Å²) >= 11 is 0. The predicted molar refractivity (Wildman–Crippen MR) is 155 cm³/mol. The maximum absolute atomic E-state index is 13.0. The van der Waals surface area contributed by atoms with E-state index in [1.165, 1.54) is 32.1 Å². The number of rotatable bonds is 9. The van der Waals surface area contributed by atoms with Gasteiger partial charge in [0.2, 0.25) is 0 Å². The van der Waals surface area contributed by atoms with Crippen molar-refractivity contribution in [3.8, 4) is 11.4 Å². The smallest absolute Gasteiger partial charge is 0.340 e. The fourth-order valence-corrected chi connectivity index (χ4v) is 6.37. The molecule has 1 saturated heterocycles. The molecule has 39 heavy (non-hydrogen) atoms. The number of hydrogen-bond donors (Lipinski definition) is 1. The van der Waals surface area contributed by atoms with Gasteiger partial charge in [-0.05, 0) is 63.4 Å². The van der Waals surface area contributed by atoms with Crippen LogP contribution >= 0.6 is 0 Å². The second-order valence-corrected chi connectivity index (χ2v) is 11.1. The Morgan fingerprint density at radius 2 is 1.77 bits per heavy atom. The molecular weight excluding hydrogens is 490 g/mol. The van der Waals surface area contributed by atoms with Gasteiger partial charge in [-0.1, -0.05) is 37.5 Å². The van der Waals surface area contributed by atoms with Gasteiger partial charge < -0.3 is 19.1 Å². The molecule has 1 atom stereocenters. The van der Waals surface area contributed by atoms with Gasteiger partial charge in [-0.15, -0.1) is 0 Å². The van der Waals surface area contributed by atoms with Gasteiger partial charge in [0.15, 0.2) is 0 Å². The van der Waals surface area contributed by atoms with E-state index in [2.05, 4.69) is 33.4 Å². The lowest BCUT2D eigenvalue weighted by Gasteiger charge is -2.41. The zero-order valence-corrected chi connectivity index (χ0v) is 23.7.